The smallest absolute Gasteiger partial charge is 0.374 e. The maximum atomic E-state index is 13.6. The molecule has 3 heterocycles. The van der Waals surface area contributed by atoms with Gasteiger partial charge in [0.05, 0.1) is 30.5 Å². The van der Waals surface area contributed by atoms with E-state index >= 15 is 0 Å². The highest BCUT2D eigenvalue weighted by Crippen LogP contribution is 2.37. The number of rotatable bonds is 6. The summed E-state index contributed by atoms with van der Waals surface area (Å²) in [5.74, 6) is -0.114. The van der Waals surface area contributed by atoms with E-state index in [4.69, 9.17) is 10.00 Å². The van der Waals surface area contributed by atoms with Crippen LogP contribution in [0.5, 0.6) is 0 Å². The van der Waals surface area contributed by atoms with E-state index < -0.39 is 11.7 Å². The zero-order valence-corrected chi connectivity index (χ0v) is 19.8. The Kier molecular flexibility index (Phi) is 7.62. The lowest BCUT2D eigenvalue weighted by atomic mass is 9.73. The number of nitrogens with zero attached hydrogens (tertiary/aromatic N) is 4. The van der Waals surface area contributed by atoms with Crippen molar-refractivity contribution >= 4 is 5.82 Å². The van der Waals surface area contributed by atoms with Crippen LogP contribution in [0.4, 0.5) is 23.4 Å². The molecule has 5 nitrogen and oxygen atoms in total. The lowest BCUT2D eigenvalue weighted by Crippen LogP contribution is -2.43. The highest BCUT2D eigenvalue weighted by atomic mass is 19.4. The van der Waals surface area contributed by atoms with Gasteiger partial charge in [-0.05, 0) is 75.6 Å². The molecule has 0 amide bonds. The van der Waals surface area contributed by atoms with Crippen molar-refractivity contribution in [1.29, 1.82) is 5.26 Å². The molecule has 2 aromatic rings. The molecule has 35 heavy (non-hydrogen) atoms. The number of ether oxygens (including phenoxy) is 1. The molecule has 0 unspecified atom stereocenters. The highest BCUT2D eigenvalue weighted by Gasteiger charge is 2.36. The van der Waals surface area contributed by atoms with E-state index in [1.54, 1.807) is 12.1 Å². The van der Waals surface area contributed by atoms with Gasteiger partial charge in [0.1, 0.15) is 11.6 Å². The van der Waals surface area contributed by atoms with E-state index in [0.717, 1.165) is 43.6 Å². The molecular weight excluding hydrogens is 460 g/mol. The molecular formula is C26H30F4N4O. The first-order valence-electron chi connectivity index (χ1n) is 11.9. The van der Waals surface area contributed by atoms with Crippen LogP contribution in [-0.4, -0.2) is 49.7 Å². The number of hydrogen-bond donors (Lipinski definition) is 0. The number of aromatic nitrogens is 1. The fourth-order valence-electron chi connectivity index (χ4n) is 4.93. The molecule has 4 rings (SSSR count). The first-order chi connectivity index (χ1) is 16.7. The average molecular weight is 491 g/mol. The van der Waals surface area contributed by atoms with Crippen molar-refractivity contribution in [3.8, 4) is 6.07 Å². The number of anilines is 1. The molecule has 9 heteroatoms. The molecule has 0 atom stereocenters. The van der Waals surface area contributed by atoms with Crippen LogP contribution in [0.25, 0.3) is 0 Å². The van der Waals surface area contributed by atoms with Gasteiger partial charge in [-0.15, -0.1) is 0 Å². The molecule has 0 N–H and O–H groups in total. The quantitative estimate of drug-likeness (QED) is 0.524. The highest BCUT2D eigenvalue weighted by molar-refractivity contribution is 5.44. The van der Waals surface area contributed by atoms with Gasteiger partial charge < -0.3 is 14.5 Å². The number of nitriles is 1. The third-order valence-electron chi connectivity index (χ3n) is 7.22. The summed E-state index contributed by atoms with van der Waals surface area (Å²) in [7, 11) is 2.04. The fraction of sp³-hybridized carbons (Fsp3) is 0.538. The van der Waals surface area contributed by atoms with Crippen molar-refractivity contribution in [2.45, 2.75) is 43.9 Å². The minimum absolute atomic E-state index is 0.0512. The average Bonchev–Trinajstić information content (AvgIpc) is 2.85. The predicted molar refractivity (Wildman–Crippen MR) is 124 cm³/mol. The van der Waals surface area contributed by atoms with E-state index in [1.807, 2.05) is 11.9 Å². The second kappa shape index (κ2) is 10.5. The minimum atomic E-state index is -4.50. The Morgan fingerprint density at radius 1 is 1.09 bits per heavy atom. The zero-order valence-electron chi connectivity index (χ0n) is 19.8. The number of halogens is 4. The van der Waals surface area contributed by atoms with E-state index in [-0.39, 0.29) is 35.3 Å². The molecule has 0 aliphatic carbocycles. The molecule has 2 aliphatic heterocycles. The summed E-state index contributed by atoms with van der Waals surface area (Å²) < 4.78 is 60.4. The van der Waals surface area contributed by atoms with Crippen LogP contribution < -0.4 is 4.90 Å². The van der Waals surface area contributed by atoms with Gasteiger partial charge in [-0.3, -0.25) is 0 Å². The van der Waals surface area contributed by atoms with Crippen LogP contribution >= 0.6 is 0 Å². The van der Waals surface area contributed by atoms with Crippen LogP contribution in [0.2, 0.25) is 0 Å². The van der Waals surface area contributed by atoms with Gasteiger partial charge in [0.25, 0.3) is 0 Å². The Balaban J connectivity index is 1.51. The first kappa shape index (κ1) is 25.4. The van der Waals surface area contributed by atoms with Crippen LogP contribution in [0.1, 0.15) is 42.5 Å². The van der Waals surface area contributed by atoms with E-state index in [2.05, 4.69) is 16.0 Å². The van der Waals surface area contributed by atoms with Crippen molar-refractivity contribution < 1.29 is 22.3 Å². The molecule has 2 fully saturated rings. The predicted octanol–water partition coefficient (Wildman–Crippen LogP) is 5.16. The second-order valence-corrected chi connectivity index (χ2v) is 9.68. The van der Waals surface area contributed by atoms with Gasteiger partial charge in [0.15, 0.2) is 0 Å². The first-order valence-corrected chi connectivity index (χ1v) is 11.9. The summed E-state index contributed by atoms with van der Waals surface area (Å²) in [5.41, 5.74) is 0.115. The van der Waals surface area contributed by atoms with E-state index in [0.29, 0.717) is 32.5 Å². The van der Waals surface area contributed by atoms with Crippen molar-refractivity contribution in [2.24, 2.45) is 5.92 Å². The minimum Gasteiger partial charge on any atom is -0.374 e. The second-order valence-electron chi connectivity index (χ2n) is 9.68. The maximum absolute atomic E-state index is 13.6. The molecule has 1 aromatic carbocycles. The number of hydrogen-bond acceptors (Lipinski definition) is 5. The molecule has 0 saturated carbocycles. The van der Waals surface area contributed by atoms with Crippen molar-refractivity contribution in [1.82, 2.24) is 9.88 Å². The zero-order chi connectivity index (χ0) is 25.1. The van der Waals surface area contributed by atoms with Gasteiger partial charge in [0, 0.05) is 24.4 Å². The number of benzene rings is 1. The number of pyridine rings is 1. The van der Waals surface area contributed by atoms with Gasteiger partial charge in [0.2, 0.25) is 0 Å². The molecule has 0 radical (unpaired) electrons. The number of likely N-dealkylation sites (tertiary alicyclic amines) is 1. The Hall–Kier alpha value is -2.70. The Bertz CT molecular complexity index is 1030. The Labute approximate surface area is 203 Å². The maximum Gasteiger partial charge on any atom is 0.416 e. The normalized spacial score (nSPS) is 19.5. The summed E-state index contributed by atoms with van der Waals surface area (Å²) in [4.78, 5) is 8.51. The number of alkyl halides is 3. The largest absolute Gasteiger partial charge is 0.416 e. The topological polar surface area (TPSA) is 52.4 Å². The van der Waals surface area contributed by atoms with Gasteiger partial charge in [-0.2, -0.15) is 18.4 Å². The van der Waals surface area contributed by atoms with Crippen LogP contribution in [0.15, 0.2) is 36.4 Å². The number of piperidine rings is 2. The summed E-state index contributed by atoms with van der Waals surface area (Å²) in [5, 5.41) is 9.11. The third kappa shape index (κ3) is 6.11. The summed E-state index contributed by atoms with van der Waals surface area (Å²) in [6, 6.07) is 10.8. The molecule has 2 saturated heterocycles. The molecule has 188 valence electrons. The molecule has 2 aliphatic rings. The third-order valence-corrected chi connectivity index (χ3v) is 7.22. The van der Waals surface area contributed by atoms with Gasteiger partial charge in [-0.25, -0.2) is 9.37 Å². The van der Waals surface area contributed by atoms with Gasteiger partial charge in [-0.1, -0.05) is 12.1 Å². The van der Waals surface area contributed by atoms with Crippen molar-refractivity contribution in [3.63, 3.8) is 0 Å². The Morgan fingerprint density at radius 2 is 1.74 bits per heavy atom. The van der Waals surface area contributed by atoms with Crippen LogP contribution in [-0.2, 0) is 22.9 Å². The monoisotopic (exact) mass is 490 g/mol. The summed E-state index contributed by atoms with van der Waals surface area (Å²) in [6.45, 7) is 2.95. The molecule has 1 aromatic heterocycles. The van der Waals surface area contributed by atoms with Crippen molar-refractivity contribution in [3.05, 3.63) is 59.0 Å². The lowest BCUT2D eigenvalue weighted by Gasteiger charge is -2.41. The van der Waals surface area contributed by atoms with Crippen LogP contribution in [0, 0.1) is 23.1 Å². The molecule has 0 spiro atoms. The Morgan fingerprint density at radius 3 is 2.34 bits per heavy atom. The van der Waals surface area contributed by atoms with E-state index in [9.17, 15) is 17.6 Å². The standard InChI is InChI=1S/C26H30F4N4O/c1-33-12-8-25(9-13-33,20-2-4-22(27)5-3-20)18-35-17-23-14-21(26(28,29)30)15-24(32-23)34-10-6-19(16-31)7-11-34/h2-5,14-15,19H,6-13,17-18H2,1H3. The summed E-state index contributed by atoms with van der Waals surface area (Å²) >= 11 is 0. The SMILES string of the molecule is CN1CCC(COCc2cc(C(F)(F)F)cc(N3CCC(C#N)CC3)n2)(c2ccc(F)cc2)CC1. The molecule has 0 bridgehead atoms. The van der Waals surface area contributed by atoms with Gasteiger partial charge >= 0.3 is 6.18 Å². The summed E-state index contributed by atoms with van der Waals surface area (Å²) in [6.07, 6.45) is -1.67. The fourth-order valence-corrected chi connectivity index (χ4v) is 4.93. The van der Waals surface area contributed by atoms with Crippen molar-refractivity contribution in [2.75, 3.05) is 44.7 Å². The van der Waals surface area contributed by atoms with E-state index in [1.165, 1.54) is 12.1 Å². The van der Waals surface area contributed by atoms with Crippen LogP contribution in [0.3, 0.4) is 0 Å². The lowest BCUT2D eigenvalue weighted by molar-refractivity contribution is -0.137.